The Kier molecular flexibility index (Phi) is 43.6. The topological polar surface area (TPSA) is 169 Å². The summed E-state index contributed by atoms with van der Waals surface area (Å²) in [5, 5.41) is 21.9. The normalized spacial score (nSPS) is 13.9. The van der Waals surface area contributed by atoms with Crippen LogP contribution in [0.25, 0.3) is 0 Å². The average molecular weight is 898 g/mol. The van der Waals surface area contributed by atoms with Gasteiger partial charge in [0.25, 0.3) is 0 Å². The third-order valence-electron chi connectivity index (χ3n) is 10.9. The molecule has 3 atom stereocenters. The van der Waals surface area contributed by atoms with Crippen molar-refractivity contribution in [1.82, 2.24) is 5.32 Å². The van der Waals surface area contributed by atoms with Crippen LogP contribution in [0.15, 0.2) is 36.5 Å². The van der Waals surface area contributed by atoms with Crippen molar-refractivity contribution in [3.8, 4) is 0 Å². The van der Waals surface area contributed by atoms with Gasteiger partial charge >= 0.3 is 19.8 Å². The molecular formula is C50H92NO10P. The molecule has 3 unspecified atom stereocenters. The predicted octanol–water partition coefficient (Wildman–Crippen LogP) is 13.6. The zero-order valence-electron chi connectivity index (χ0n) is 39.4. The molecule has 0 saturated carbocycles. The number of aliphatic carboxylic acids is 1. The van der Waals surface area contributed by atoms with Gasteiger partial charge in [0, 0.05) is 12.8 Å². The van der Waals surface area contributed by atoms with Crippen LogP contribution in [-0.2, 0) is 32.7 Å². The number of aliphatic hydroxyl groups excluding tert-OH is 1. The molecule has 0 fully saturated rings. The van der Waals surface area contributed by atoms with Crippen molar-refractivity contribution < 1.29 is 47.8 Å². The standard InChI is InChI=1S/C50H92NO10P/c1-3-5-7-9-11-13-15-17-19-20-21-22-23-24-25-26-28-29-31-33-35-37-39-41-48(53)51-47(50(55)56)45-61-62(57,58)60-44-46(52)43-59-49(54)42-40-38-36-34-32-30-27-18-16-14-12-10-8-6-4-2/h11,13,17-19,27,46-47,52H,3-10,12,14-16,20-26,28-45H2,1-2H3,(H,51,53)(H,55,56)(H,57,58)/b13-11-,19-17-,27-18-. The van der Waals surface area contributed by atoms with Gasteiger partial charge in [-0.1, -0.05) is 185 Å². The van der Waals surface area contributed by atoms with Crippen LogP contribution in [0, 0.1) is 0 Å². The number of carbonyl (C=O) groups excluding carboxylic acids is 2. The highest BCUT2D eigenvalue weighted by Gasteiger charge is 2.28. The van der Waals surface area contributed by atoms with E-state index in [2.05, 4.69) is 55.6 Å². The summed E-state index contributed by atoms with van der Waals surface area (Å²) < 4.78 is 26.9. The molecule has 4 N–H and O–H groups in total. The molecule has 0 aromatic carbocycles. The number of unbranched alkanes of at least 4 members (excludes halogenated alkanes) is 27. The summed E-state index contributed by atoms with van der Waals surface area (Å²) in [6, 6.07) is -1.55. The lowest BCUT2D eigenvalue weighted by Gasteiger charge is -2.18. The molecule has 0 saturated heterocycles. The number of allylic oxidation sites excluding steroid dienone is 6. The summed E-state index contributed by atoms with van der Waals surface area (Å²) in [7, 11) is -4.76. The average Bonchev–Trinajstić information content (AvgIpc) is 3.25. The maximum absolute atomic E-state index is 12.4. The highest BCUT2D eigenvalue weighted by molar-refractivity contribution is 7.47. The molecule has 0 rings (SSSR count). The Bertz CT molecular complexity index is 1190. The summed E-state index contributed by atoms with van der Waals surface area (Å²) >= 11 is 0. The molecule has 362 valence electrons. The van der Waals surface area contributed by atoms with E-state index in [1.165, 1.54) is 128 Å². The largest absolute Gasteiger partial charge is 0.480 e. The Morgan fingerprint density at radius 1 is 0.516 bits per heavy atom. The first-order chi connectivity index (χ1) is 30.1. The fraction of sp³-hybridized carbons (Fsp3) is 0.820. The summed E-state index contributed by atoms with van der Waals surface area (Å²) in [6.07, 6.45) is 50.2. The van der Waals surface area contributed by atoms with E-state index in [9.17, 15) is 34.1 Å². The lowest BCUT2D eigenvalue weighted by atomic mass is 10.0. The minimum absolute atomic E-state index is 0.145. The quantitative estimate of drug-likeness (QED) is 0.0200. The van der Waals surface area contributed by atoms with E-state index in [0.717, 1.165) is 64.2 Å². The first-order valence-electron chi connectivity index (χ1n) is 25.0. The Morgan fingerprint density at radius 2 is 0.887 bits per heavy atom. The second-order valence-electron chi connectivity index (χ2n) is 17.0. The number of phosphoric acid groups is 1. The third kappa shape index (κ3) is 44.3. The zero-order valence-corrected chi connectivity index (χ0v) is 40.3. The number of aliphatic hydroxyl groups is 1. The molecule has 62 heavy (non-hydrogen) atoms. The van der Waals surface area contributed by atoms with Gasteiger partial charge in [-0.05, 0) is 70.6 Å². The van der Waals surface area contributed by atoms with Crippen molar-refractivity contribution in [3.63, 3.8) is 0 Å². The molecule has 0 heterocycles. The van der Waals surface area contributed by atoms with Crippen molar-refractivity contribution >= 4 is 25.7 Å². The molecule has 0 bridgehead atoms. The van der Waals surface area contributed by atoms with E-state index in [0.29, 0.717) is 12.8 Å². The van der Waals surface area contributed by atoms with Crippen molar-refractivity contribution in [2.75, 3.05) is 19.8 Å². The van der Waals surface area contributed by atoms with Crippen molar-refractivity contribution in [3.05, 3.63) is 36.5 Å². The van der Waals surface area contributed by atoms with Gasteiger partial charge < -0.3 is 25.2 Å². The second-order valence-corrected chi connectivity index (χ2v) is 18.5. The van der Waals surface area contributed by atoms with Gasteiger partial charge in [0.1, 0.15) is 12.7 Å². The van der Waals surface area contributed by atoms with Crippen molar-refractivity contribution in [1.29, 1.82) is 0 Å². The van der Waals surface area contributed by atoms with E-state index >= 15 is 0 Å². The van der Waals surface area contributed by atoms with E-state index < -0.39 is 57.6 Å². The smallest absolute Gasteiger partial charge is 0.472 e. The van der Waals surface area contributed by atoms with E-state index in [4.69, 9.17) is 13.8 Å². The van der Waals surface area contributed by atoms with Gasteiger partial charge in [0.2, 0.25) is 5.91 Å². The van der Waals surface area contributed by atoms with Crippen LogP contribution in [0.1, 0.15) is 232 Å². The Balaban J connectivity index is 3.83. The van der Waals surface area contributed by atoms with Crippen LogP contribution in [0.4, 0.5) is 0 Å². The van der Waals surface area contributed by atoms with Crippen LogP contribution in [-0.4, -0.2) is 64.9 Å². The van der Waals surface area contributed by atoms with Gasteiger partial charge in [-0.15, -0.1) is 0 Å². The molecule has 11 nitrogen and oxygen atoms in total. The Labute approximate surface area is 378 Å². The van der Waals surface area contributed by atoms with Crippen molar-refractivity contribution in [2.24, 2.45) is 0 Å². The molecule has 0 aromatic heterocycles. The number of carbonyl (C=O) groups is 3. The van der Waals surface area contributed by atoms with Crippen LogP contribution < -0.4 is 5.32 Å². The number of rotatable bonds is 47. The lowest BCUT2D eigenvalue weighted by molar-refractivity contribution is -0.147. The molecule has 0 aliphatic rings. The monoisotopic (exact) mass is 898 g/mol. The van der Waals surface area contributed by atoms with Crippen LogP contribution in [0.5, 0.6) is 0 Å². The number of nitrogens with one attached hydrogen (secondary N) is 1. The fourth-order valence-electron chi connectivity index (χ4n) is 6.99. The number of esters is 1. The number of hydrogen-bond acceptors (Lipinski definition) is 8. The molecule has 0 aromatic rings. The number of amides is 1. The highest BCUT2D eigenvalue weighted by Crippen LogP contribution is 2.43. The highest BCUT2D eigenvalue weighted by atomic mass is 31.2. The van der Waals surface area contributed by atoms with Gasteiger partial charge in [-0.2, -0.15) is 0 Å². The summed E-state index contributed by atoms with van der Waals surface area (Å²) in [5.41, 5.74) is 0. The molecule has 0 aliphatic heterocycles. The molecule has 12 heteroatoms. The van der Waals surface area contributed by atoms with E-state index in [1.54, 1.807) is 0 Å². The lowest BCUT2D eigenvalue weighted by Crippen LogP contribution is -2.43. The SMILES string of the molecule is CCCCC/C=C\C/C=C\CCCCCCCCCCCCCCCC(=O)NC(COP(=O)(O)OCC(O)COC(=O)CCCCCCC/C=C\CCCCCCCC)C(=O)O. The zero-order chi connectivity index (χ0) is 45.6. The molecular weight excluding hydrogens is 806 g/mol. The number of hydrogen-bond donors (Lipinski definition) is 4. The van der Waals surface area contributed by atoms with Crippen LogP contribution >= 0.6 is 7.82 Å². The number of carboxylic acid groups (broad SMARTS) is 1. The van der Waals surface area contributed by atoms with Gasteiger partial charge in [-0.3, -0.25) is 18.6 Å². The number of ether oxygens (including phenoxy) is 1. The second kappa shape index (κ2) is 45.3. The minimum Gasteiger partial charge on any atom is -0.480 e. The third-order valence-corrected chi connectivity index (χ3v) is 11.9. The molecule has 0 aliphatic carbocycles. The first kappa shape index (κ1) is 59.7. The van der Waals surface area contributed by atoms with Crippen molar-refractivity contribution in [2.45, 2.75) is 244 Å². The maximum atomic E-state index is 12.4. The van der Waals surface area contributed by atoms with E-state index in [-0.39, 0.29) is 12.8 Å². The van der Waals surface area contributed by atoms with E-state index in [1.807, 2.05) is 0 Å². The first-order valence-corrected chi connectivity index (χ1v) is 26.5. The summed E-state index contributed by atoms with van der Waals surface area (Å²) in [5.74, 6) is -2.37. The number of carboxylic acids is 1. The molecule has 1 amide bonds. The molecule has 0 spiro atoms. The summed E-state index contributed by atoms with van der Waals surface area (Å²) in [6.45, 7) is 2.58. The Morgan fingerprint density at radius 3 is 1.35 bits per heavy atom. The van der Waals surface area contributed by atoms with Gasteiger partial charge in [0.15, 0.2) is 6.04 Å². The van der Waals surface area contributed by atoms with Crippen LogP contribution in [0.3, 0.4) is 0 Å². The maximum Gasteiger partial charge on any atom is 0.472 e. The minimum atomic E-state index is -4.76. The number of phosphoric ester groups is 1. The van der Waals surface area contributed by atoms with Gasteiger partial charge in [0.05, 0.1) is 13.2 Å². The predicted molar refractivity (Wildman–Crippen MR) is 254 cm³/mol. The fourth-order valence-corrected chi connectivity index (χ4v) is 7.76. The van der Waals surface area contributed by atoms with Gasteiger partial charge in [-0.25, -0.2) is 9.36 Å². The summed E-state index contributed by atoms with van der Waals surface area (Å²) in [4.78, 5) is 46.1. The molecule has 0 radical (unpaired) electrons. The Hall–Kier alpha value is -2.30. The van der Waals surface area contributed by atoms with Crippen LogP contribution in [0.2, 0.25) is 0 Å².